The largest absolute Gasteiger partial charge is 0.586 e. The topological polar surface area (TPSA) is 79.9 Å². The van der Waals surface area contributed by atoms with E-state index in [1.807, 2.05) is 30.3 Å². The Hall–Kier alpha value is -3.36. The summed E-state index contributed by atoms with van der Waals surface area (Å²) in [5, 5.41) is 5.21. The SMILES string of the molecule is CN(Cc1ccccc1)C(=O)NCCC(=O)Nc1ccc2c(c1)OC(F)(F)O2. The number of nitrogens with one attached hydrogen (secondary N) is 2. The van der Waals surface area contributed by atoms with E-state index in [4.69, 9.17) is 0 Å². The normalized spacial score (nSPS) is 13.7. The van der Waals surface area contributed by atoms with Crippen molar-refractivity contribution in [2.75, 3.05) is 18.9 Å². The minimum Gasteiger partial charge on any atom is -0.395 e. The number of carbonyl (C=O) groups excluding carboxylic acids is 2. The standard InChI is InChI=1S/C19H19F2N3O4/c1-24(12-13-5-3-2-4-6-13)18(26)22-10-9-17(25)23-14-7-8-15-16(11-14)28-19(20,21)27-15/h2-8,11H,9-10,12H2,1H3,(H,22,26)(H,23,25). The van der Waals surface area contributed by atoms with Gasteiger partial charge in [0.05, 0.1) is 0 Å². The predicted octanol–water partition coefficient (Wildman–Crippen LogP) is 3.18. The van der Waals surface area contributed by atoms with E-state index < -0.39 is 6.29 Å². The van der Waals surface area contributed by atoms with Gasteiger partial charge in [0.15, 0.2) is 11.5 Å². The van der Waals surface area contributed by atoms with E-state index in [-0.39, 0.29) is 42.1 Å². The second kappa shape index (κ2) is 8.12. The Labute approximate surface area is 160 Å². The smallest absolute Gasteiger partial charge is 0.395 e. The van der Waals surface area contributed by atoms with E-state index in [0.29, 0.717) is 6.54 Å². The summed E-state index contributed by atoms with van der Waals surface area (Å²) in [4.78, 5) is 25.5. The molecule has 2 aromatic rings. The summed E-state index contributed by atoms with van der Waals surface area (Å²) < 4.78 is 34.6. The van der Waals surface area contributed by atoms with Crippen LogP contribution in [-0.2, 0) is 11.3 Å². The van der Waals surface area contributed by atoms with E-state index in [9.17, 15) is 18.4 Å². The quantitative estimate of drug-likeness (QED) is 0.793. The van der Waals surface area contributed by atoms with Crippen molar-refractivity contribution in [2.45, 2.75) is 19.3 Å². The van der Waals surface area contributed by atoms with Crippen LogP contribution in [0, 0.1) is 0 Å². The molecule has 7 nitrogen and oxygen atoms in total. The number of benzene rings is 2. The summed E-state index contributed by atoms with van der Waals surface area (Å²) >= 11 is 0. The van der Waals surface area contributed by atoms with Crippen LogP contribution in [-0.4, -0.2) is 36.7 Å². The highest BCUT2D eigenvalue weighted by Gasteiger charge is 2.43. The summed E-state index contributed by atoms with van der Waals surface area (Å²) in [6.07, 6.45) is -3.68. The maximum Gasteiger partial charge on any atom is 0.586 e. The number of rotatable bonds is 6. The van der Waals surface area contributed by atoms with Gasteiger partial charge in [-0.3, -0.25) is 4.79 Å². The van der Waals surface area contributed by atoms with Gasteiger partial charge in [0.2, 0.25) is 5.91 Å². The number of ether oxygens (including phenoxy) is 2. The zero-order valence-electron chi connectivity index (χ0n) is 15.1. The number of halogens is 2. The van der Waals surface area contributed by atoms with Crippen LogP contribution in [0.4, 0.5) is 19.3 Å². The fraction of sp³-hybridized carbons (Fsp3) is 0.263. The predicted molar refractivity (Wildman–Crippen MR) is 97.2 cm³/mol. The lowest BCUT2D eigenvalue weighted by atomic mass is 10.2. The Balaban J connectivity index is 1.42. The van der Waals surface area contributed by atoms with Crippen LogP contribution in [0.25, 0.3) is 0 Å². The third-order valence-corrected chi connectivity index (χ3v) is 3.92. The molecule has 9 heteroatoms. The molecule has 0 spiro atoms. The average Bonchev–Trinajstić information content (AvgIpc) is 2.95. The number of urea groups is 1. The number of hydrogen-bond acceptors (Lipinski definition) is 4. The molecule has 0 atom stereocenters. The molecule has 148 valence electrons. The van der Waals surface area contributed by atoms with Gasteiger partial charge in [0.25, 0.3) is 0 Å². The number of hydrogen-bond donors (Lipinski definition) is 2. The molecule has 1 heterocycles. The number of alkyl halides is 2. The van der Waals surface area contributed by atoms with Crippen LogP contribution in [0.3, 0.4) is 0 Å². The van der Waals surface area contributed by atoms with E-state index >= 15 is 0 Å². The fourth-order valence-corrected chi connectivity index (χ4v) is 2.60. The minimum atomic E-state index is -3.71. The van der Waals surface area contributed by atoms with E-state index in [0.717, 1.165) is 5.56 Å². The zero-order chi connectivity index (χ0) is 20.1. The number of anilines is 1. The molecule has 3 amide bonds. The Bertz CT molecular complexity index is 862. The first-order valence-electron chi connectivity index (χ1n) is 8.55. The molecule has 0 radical (unpaired) electrons. The van der Waals surface area contributed by atoms with Crippen molar-refractivity contribution in [1.82, 2.24) is 10.2 Å². The summed E-state index contributed by atoms with van der Waals surface area (Å²) in [6.45, 7) is 0.577. The first kappa shape index (κ1) is 19.4. The minimum absolute atomic E-state index is 0.0233. The summed E-state index contributed by atoms with van der Waals surface area (Å²) in [5.41, 5.74) is 1.28. The molecule has 0 aromatic heterocycles. The van der Waals surface area contributed by atoms with Gasteiger partial charge in [0, 0.05) is 38.3 Å². The highest BCUT2D eigenvalue weighted by molar-refractivity contribution is 5.91. The lowest BCUT2D eigenvalue weighted by Gasteiger charge is -2.18. The molecular weight excluding hydrogens is 372 g/mol. The van der Waals surface area contributed by atoms with Crippen molar-refractivity contribution in [2.24, 2.45) is 0 Å². The number of fused-ring (bicyclic) bond motifs is 1. The van der Waals surface area contributed by atoms with E-state index in [2.05, 4.69) is 20.1 Å². The fourth-order valence-electron chi connectivity index (χ4n) is 2.60. The monoisotopic (exact) mass is 391 g/mol. The average molecular weight is 391 g/mol. The molecule has 0 aliphatic carbocycles. The molecule has 0 fully saturated rings. The highest BCUT2D eigenvalue weighted by Crippen LogP contribution is 2.42. The first-order valence-corrected chi connectivity index (χ1v) is 8.55. The molecule has 3 rings (SSSR count). The molecule has 2 aromatic carbocycles. The molecule has 28 heavy (non-hydrogen) atoms. The van der Waals surface area contributed by atoms with Gasteiger partial charge in [-0.1, -0.05) is 30.3 Å². The Morgan fingerprint density at radius 2 is 1.79 bits per heavy atom. The number of nitrogens with zero attached hydrogens (tertiary/aromatic N) is 1. The maximum absolute atomic E-state index is 13.0. The van der Waals surface area contributed by atoms with Crippen LogP contribution in [0.1, 0.15) is 12.0 Å². The maximum atomic E-state index is 13.0. The van der Waals surface area contributed by atoms with Crippen molar-refractivity contribution < 1.29 is 27.8 Å². The Morgan fingerprint density at radius 1 is 1.07 bits per heavy atom. The third kappa shape index (κ3) is 5.09. The van der Waals surface area contributed by atoms with E-state index in [1.54, 1.807) is 7.05 Å². The molecule has 2 N–H and O–H groups in total. The zero-order valence-corrected chi connectivity index (χ0v) is 15.1. The summed E-state index contributed by atoms with van der Waals surface area (Å²) in [6, 6.07) is 13.2. The van der Waals surface area contributed by atoms with Gasteiger partial charge in [-0.15, -0.1) is 8.78 Å². The first-order chi connectivity index (χ1) is 13.3. The molecule has 0 saturated heterocycles. The van der Waals surface area contributed by atoms with Gasteiger partial charge in [-0.25, -0.2) is 4.79 Å². The molecule has 0 saturated carbocycles. The van der Waals surface area contributed by atoms with Gasteiger partial charge in [-0.05, 0) is 17.7 Å². The molecule has 0 unspecified atom stereocenters. The van der Waals surface area contributed by atoms with Crippen LogP contribution in [0.2, 0.25) is 0 Å². The highest BCUT2D eigenvalue weighted by atomic mass is 19.3. The van der Waals surface area contributed by atoms with Gasteiger partial charge in [0.1, 0.15) is 0 Å². The second-order valence-electron chi connectivity index (χ2n) is 6.20. The number of amides is 3. The van der Waals surface area contributed by atoms with Crippen molar-refractivity contribution in [3.05, 3.63) is 54.1 Å². The Kier molecular flexibility index (Phi) is 5.62. The number of carbonyl (C=O) groups is 2. The van der Waals surface area contributed by atoms with Gasteiger partial charge < -0.3 is 25.0 Å². The third-order valence-electron chi connectivity index (χ3n) is 3.92. The van der Waals surface area contributed by atoms with Gasteiger partial charge >= 0.3 is 12.3 Å². The molecular formula is C19H19F2N3O4. The van der Waals surface area contributed by atoms with Crippen molar-refractivity contribution in [1.29, 1.82) is 0 Å². The summed E-state index contributed by atoms with van der Waals surface area (Å²) in [5.74, 6) is -0.632. The van der Waals surface area contributed by atoms with Crippen molar-refractivity contribution in [3.63, 3.8) is 0 Å². The lowest BCUT2D eigenvalue weighted by molar-refractivity contribution is -0.286. The molecule has 1 aliphatic heterocycles. The van der Waals surface area contributed by atoms with Crippen molar-refractivity contribution >= 4 is 17.6 Å². The molecule has 0 bridgehead atoms. The van der Waals surface area contributed by atoms with E-state index in [1.165, 1.54) is 23.1 Å². The van der Waals surface area contributed by atoms with Crippen LogP contribution >= 0.6 is 0 Å². The summed E-state index contributed by atoms with van der Waals surface area (Å²) in [7, 11) is 1.66. The van der Waals surface area contributed by atoms with Crippen LogP contribution < -0.4 is 20.1 Å². The van der Waals surface area contributed by atoms with Crippen molar-refractivity contribution in [3.8, 4) is 11.5 Å². The van der Waals surface area contributed by atoms with Crippen LogP contribution in [0.5, 0.6) is 11.5 Å². The molecule has 1 aliphatic rings. The second-order valence-corrected chi connectivity index (χ2v) is 6.20. The van der Waals surface area contributed by atoms with Crippen LogP contribution in [0.15, 0.2) is 48.5 Å². The van der Waals surface area contributed by atoms with Gasteiger partial charge in [-0.2, -0.15) is 0 Å². The lowest BCUT2D eigenvalue weighted by Crippen LogP contribution is -2.38. The Morgan fingerprint density at radius 3 is 2.54 bits per heavy atom.